The minimum atomic E-state index is -0.260. The van der Waals surface area contributed by atoms with Crippen molar-refractivity contribution in [1.29, 1.82) is 0 Å². The SMILES string of the molecule is CC(C)Cc1ccc(C(C)B2OC(C)(C)C(C)(C)O2)cc1. The van der Waals surface area contributed by atoms with E-state index >= 15 is 0 Å². The van der Waals surface area contributed by atoms with Crippen LogP contribution in [0.5, 0.6) is 0 Å². The molecule has 1 aromatic rings. The molecule has 1 aliphatic heterocycles. The Morgan fingerprint density at radius 2 is 1.38 bits per heavy atom. The molecule has 0 amide bonds. The van der Waals surface area contributed by atoms with Crippen molar-refractivity contribution >= 4 is 7.12 Å². The maximum absolute atomic E-state index is 6.15. The standard InChI is InChI=1S/C18H29BO2/c1-13(2)12-15-8-10-16(11-9-15)14(3)19-20-17(4,5)18(6,7)21-19/h8-11,13-14H,12H2,1-7H3. The zero-order valence-electron chi connectivity index (χ0n) is 14.6. The molecule has 21 heavy (non-hydrogen) atoms. The first-order chi connectivity index (χ1) is 9.62. The topological polar surface area (TPSA) is 18.5 Å². The van der Waals surface area contributed by atoms with Gasteiger partial charge in [0.25, 0.3) is 0 Å². The van der Waals surface area contributed by atoms with Crippen LogP contribution in [0.3, 0.4) is 0 Å². The fourth-order valence-corrected chi connectivity index (χ4v) is 2.68. The summed E-state index contributed by atoms with van der Waals surface area (Å²) in [6.07, 6.45) is 1.13. The first kappa shape index (κ1) is 16.6. The minimum Gasteiger partial charge on any atom is -0.403 e. The fraction of sp³-hybridized carbons (Fsp3) is 0.667. The van der Waals surface area contributed by atoms with Crippen LogP contribution in [-0.2, 0) is 15.7 Å². The van der Waals surface area contributed by atoms with Gasteiger partial charge in [0, 0.05) is 5.82 Å². The lowest BCUT2D eigenvalue weighted by Gasteiger charge is -2.32. The van der Waals surface area contributed by atoms with E-state index in [2.05, 4.69) is 72.7 Å². The molecule has 1 atom stereocenters. The van der Waals surface area contributed by atoms with Crippen LogP contribution in [0.2, 0.25) is 0 Å². The Labute approximate surface area is 130 Å². The molecular formula is C18H29BO2. The zero-order chi connectivity index (χ0) is 15.8. The first-order valence-electron chi connectivity index (χ1n) is 8.07. The highest BCUT2D eigenvalue weighted by atomic mass is 16.7. The van der Waals surface area contributed by atoms with Crippen molar-refractivity contribution in [1.82, 2.24) is 0 Å². The summed E-state index contributed by atoms with van der Waals surface area (Å²) in [7, 11) is -0.175. The molecule has 0 saturated carbocycles. The van der Waals surface area contributed by atoms with E-state index < -0.39 is 0 Å². The summed E-state index contributed by atoms with van der Waals surface area (Å²) < 4.78 is 12.3. The Morgan fingerprint density at radius 3 is 1.81 bits per heavy atom. The van der Waals surface area contributed by atoms with Crippen molar-refractivity contribution in [2.24, 2.45) is 5.92 Å². The normalized spacial score (nSPS) is 21.8. The second-order valence-corrected chi connectivity index (χ2v) is 7.75. The average Bonchev–Trinajstić information content (AvgIpc) is 2.58. The molecule has 0 aliphatic carbocycles. The third-order valence-electron chi connectivity index (χ3n) is 4.83. The molecule has 3 heteroatoms. The molecule has 1 aromatic carbocycles. The molecule has 0 spiro atoms. The van der Waals surface area contributed by atoms with Crippen molar-refractivity contribution in [3.8, 4) is 0 Å². The Morgan fingerprint density at radius 1 is 0.905 bits per heavy atom. The van der Waals surface area contributed by atoms with E-state index in [1.807, 2.05) is 0 Å². The highest BCUT2D eigenvalue weighted by Gasteiger charge is 2.52. The van der Waals surface area contributed by atoms with Crippen LogP contribution in [0.15, 0.2) is 24.3 Å². The lowest BCUT2D eigenvalue weighted by atomic mass is 9.69. The van der Waals surface area contributed by atoms with Gasteiger partial charge >= 0.3 is 7.12 Å². The van der Waals surface area contributed by atoms with E-state index in [4.69, 9.17) is 9.31 Å². The van der Waals surface area contributed by atoms with Crippen LogP contribution in [-0.4, -0.2) is 18.3 Å². The van der Waals surface area contributed by atoms with E-state index in [1.165, 1.54) is 11.1 Å². The van der Waals surface area contributed by atoms with Gasteiger partial charge < -0.3 is 9.31 Å². The van der Waals surface area contributed by atoms with E-state index in [1.54, 1.807) is 0 Å². The minimum absolute atomic E-state index is 0.175. The maximum atomic E-state index is 6.15. The van der Waals surface area contributed by atoms with Gasteiger partial charge in [-0.2, -0.15) is 0 Å². The van der Waals surface area contributed by atoms with Crippen molar-refractivity contribution in [2.45, 2.75) is 71.9 Å². The van der Waals surface area contributed by atoms with Gasteiger partial charge in [0.05, 0.1) is 11.2 Å². The van der Waals surface area contributed by atoms with Crippen molar-refractivity contribution in [2.75, 3.05) is 0 Å². The fourth-order valence-electron chi connectivity index (χ4n) is 2.68. The predicted octanol–water partition coefficient (Wildman–Crippen LogP) is 4.62. The van der Waals surface area contributed by atoms with Crippen LogP contribution in [0.25, 0.3) is 0 Å². The lowest BCUT2D eigenvalue weighted by molar-refractivity contribution is 0.00578. The quantitative estimate of drug-likeness (QED) is 0.753. The molecule has 0 N–H and O–H groups in total. The Balaban J connectivity index is 2.09. The van der Waals surface area contributed by atoms with Gasteiger partial charge in [0.1, 0.15) is 0 Å². The highest BCUT2D eigenvalue weighted by molar-refractivity contribution is 6.47. The van der Waals surface area contributed by atoms with Crippen LogP contribution < -0.4 is 0 Å². The van der Waals surface area contributed by atoms with Gasteiger partial charge in [-0.05, 0) is 51.2 Å². The molecule has 0 bridgehead atoms. The van der Waals surface area contributed by atoms with E-state index in [0.717, 1.165) is 6.42 Å². The highest BCUT2D eigenvalue weighted by Crippen LogP contribution is 2.40. The molecule has 1 aliphatic rings. The van der Waals surface area contributed by atoms with Gasteiger partial charge in [0.2, 0.25) is 0 Å². The average molecular weight is 288 g/mol. The number of benzene rings is 1. The molecule has 0 aromatic heterocycles. The Hall–Kier alpha value is -0.795. The molecule has 1 saturated heterocycles. The van der Waals surface area contributed by atoms with Gasteiger partial charge in [-0.15, -0.1) is 0 Å². The molecule has 0 radical (unpaired) electrons. The summed E-state index contributed by atoms with van der Waals surface area (Å²) in [5.74, 6) is 0.926. The smallest absolute Gasteiger partial charge is 0.403 e. The van der Waals surface area contributed by atoms with Gasteiger partial charge in [0.15, 0.2) is 0 Å². The summed E-state index contributed by atoms with van der Waals surface area (Å²) in [6.45, 7) is 15.1. The Kier molecular flexibility index (Phi) is 4.56. The largest absolute Gasteiger partial charge is 0.465 e. The van der Waals surface area contributed by atoms with Crippen LogP contribution in [0.1, 0.15) is 65.4 Å². The molecule has 1 unspecified atom stereocenters. The van der Waals surface area contributed by atoms with Crippen molar-refractivity contribution < 1.29 is 9.31 Å². The molecule has 2 rings (SSSR count). The number of hydrogen-bond acceptors (Lipinski definition) is 2. The van der Waals surface area contributed by atoms with E-state index in [0.29, 0.717) is 5.92 Å². The number of hydrogen-bond donors (Lipinski definition) is 0. The van der Waals surface area contributed by atoms with Crippen LogP contribution in [0, 0.1) is 5.92 Å². The monoisotopic (exact) mass is 288 g/mol. The summed E-state index contributed by atoms with van der Waals surface area (Å²) >= 11 is 0. The lowest BCUT2D eigenvalue weighted by Crippen LogP contribution is -2.41. The third-order valence-corrected chi connectivity index (χ3v) is 4.83. The maximum Gasteiger partial charge on any atom is 0.465 e. The molecular weight excluding hydrogens is 259 g/mol. The molecule has 116 valence electrons. The van der Waals surface area contributed by atoms with Gasteiger partial charge in [-0.25, -0.2) is 0 Å². The summed E-state index contributed by atoms with van der Waals surface area (Å²) in [4.78, 5) is 0. The van der Waals surface area contributed by atoms with Crippen molar-refractivity contribution in [3.05, 3.63) is 35.4 Å². The predicted molar refractivity (Wildman–Crippen MR) is 89.5 cm³/mol. The van der Waals surface area contributed by atoms with Crippen molar-refractivity contribution in [3.63, 3.8) is 0 Å². The van der Waals surface area contributed by atoms with Crippen LogP contribution in [0.4, 0.5) is 0 Å². The summed E-state index contributed by atoms with van der Waals surface area (Å²) in [6, 6.07) is 8.90. The summed E-state index contributed by atoms with van der Waals surface area (Å²) in [5.41, 5.74) is 2.16. The number of rotatable bonds is 4. The molecule has 1 fully saturated rings. The molecule has 1 heterocycles. The van der Waals surface area contributed by atoms with Gasteiger partial charge in [-0.3, -0.25) is 0 Å². The second-order valence-electron chi connectivity index (χ2n) is 7.75. The van der Waals surface area contributed by atoms with E-state index in [9.17, 15) is 0 Å². The molecule has 2 nitrogen and oxygen atoms in total. The third kappa shape index (κ3) is 3.52. The second kappa shape index (κ2) is 5.77. The van der Waals surface area contributed by atoms with E-state index in [-0.39, 0.29) is 24.1 Å². The summed E-state index contributed by atoms with van der Waals surface area (Å²) in [5, 5.41) is 0. The zero-order valence-corrected chi connectivity index (χ0v) is 14.6. The van der Waals surface area contributed by atoms with Gasteiger partial charge in [-0.1, -0.05) is 45.0 Å². The first-order valence-corrected chi connectivity index (χ1v) is 8.07. The van der Waals surface area contributed by atoms with Crippen LogP contribution >= 0.6 is 0 Å². The Bertz CT molecular complexity index is 460.